The molecule has 0 saturated carbocycles. The normalized spacial score (nSPS) is 20.7. The Balaban J connectivity index is 1.29. The Hall–Kier alpha value is -3.13. The highest BCUT2D eigenvalue weighted by Gasteiger charge is 2.35. The number of H-pyrrole nitrogens is 1. The first-order valence-electron chi connectivity index (χ1n) is 10.4. The molecule has 0 unspecified atom stereocenters. The lowest BCUT2D eigenvalue weighted by molar-refractivity contribution is 0.0946. The van der Waals surface area contributed by atoms with E-state index < -0.39 is 0 Å². The predicted molar refractivity (Wildman–Crippen MR) is 110 cm³/mol. The van der Waals surface area contributed by atoms with Gasteiger partial charge in [0, 0.05) is 62.6 Å². The van der Waals surface area contributed by atoms with Gasteiger partial charge in [0.05, 0.1) is 6.26 Å². The number of likely N-dealkylation sites (tertiary alicyclic amines) is 1. The van der Waals surface area contributed by atoms with Crippen molar-refractivity contribution in [2.24, 2.45) is 5.92 Å². The molecule has 8 nitrogen and oxygen atoms in total. The molecule has 0 radical (unpaired) electrons. The lowest BCUT2D eigenvalue weighted by atomic mass is 9.83. The first-order valence-corrected chi connectivity index (χ1v) is 10.4. The average Bonchev–Trinajstić information content (AvgIpc) is 3.43. The molecule has 1 amide bonds. The molecule has 5 heterocycles. The molecule has 1 fully saturated rings. The molecule has 1 saturated heterocycles. The Kier molecular flexibility index (Phi) is 5.00. The van der Waals surface area contributed by atoms with Crippen LogP contribution in [0, 0.1) is 5.92 Å². The van der Waals surface area contributed by atoms with Gasteiger partial charge in [-0.25, -0.2) is 0 Å². The highest BCUT2D eigenvalue weighted by molar-refractivity contribution is 5.93. The SMILES string of the molecule is O=C(NCCc1ccco1)c1ccc2n(c1=O)C[C@H]1C[C@@H]2CN(Cc2ccn[nH]2)C1. The summed E-state index contributed by atoms with van der Waals surface area (Å²) >= 11 is 0. The molecule has 156 valence electrons. The number of fused-ring (bicyclic) bond motifs is 4. The fourth-order valence-corrected chi connectivity index (χ4v) is 4.81. The van der Waals surface area contributed by atoms with Crippen LogP contribution in [0.1, 0.15) is 39.8 Å². The number of nitrogens with one attached hydrogen (secondary N) is 2. The van der Waals surface area contributed by atoms with E-state index in [0.29, 0.717) is 31.3 Å². The summed E-state index contributed by atoms with van der Waals surface area (Å²) < 4.78 is 7.10. The molecule has 2 aliphatic rings. The number of piperidine rings is 1. The molecule has 5 rings (SSSR count). The average molecular weight is 407 g/mol. The zero-order valence-corrected chi connectivity index (χ0v) is 16.7. The third-order valence-electron chi connectivity index (χ3n) is 6.11. The van der Waals surface area contributed by atoms with Crippen LogP contribution in [0.4, 0.5) is 0 Å². The van der Waals surface area contributed by atoms with Crippen LogP contribution in [0.15, 0.2) is 52.0 Å². The van der Waals surface area contributed by atoms with E-state index in [9.17, 15) is 9.59 Å². The zero-order valence-electron chi connectivity index (χ0n) is 16.7. The largest absolute Gasteiger partial charge is 0.469 e. The number of pyridine rings is 1. The molecular weight excluding hydrogens is 382 g/mol. The minimum absolute atomic E-state index is 0.181. The van der Waals surface area contributed by atoms with Gasteiger partial charge in [-0.3, -0.25) is 19.6 Å². The summed E-state index contributed by atoms with van der Waals surface area (Å²) in [5.74, 6) is 1.21. The van der Waals surface area contributed by atoms with Gasteiger partial charge in [0.25, 0.3) is 11.5 Å². The fraction of sp³-hybridized carbons (Fsp3) is 0.409. The molecule has 2 bridgehead atoms. The summed E-state index contributed by atoms with van der Waals surface area (Å²) in [4.78, 5) is 28.1. The highest BCUT2D eigenvalue weighted by Crippen LogP contribution is 2.35. The first-order chi connectivity index (χ1) is 14.7. The minimum atomic E-state index is -0.321. The fourth-order valence-electron chi connectivity index (χ4n) is 4.81. The zero-order chi connectivity index (χ0) is 20.5. The molecular formula is C22H25N5O3. The Bertz CT molecular complexity index is 1070. The van der Waals surface area contributed by atoms with E-state index in [1.807, 2.05) is 28.8 Å². The summed E-state index contributed by atoms with van der Waals surface area (Å²) in [6, 6.07) is 9.34. The van der Waals surface area contributed by atoms with Crippen LogP contribution in [0.3, 0.4) is 0 Å². The van der Waals surface area contributed by atoms with Crippen molar-refractivity contribution in [2.75, 3.05) is 19.6 Å². The maximum atomic E-state index is 13.1. The van der Waals surface area contributed by atoms with E-state index in [2.05, 4.69) is 20.4 Å². The van der Waals surface area contributed by atoms with Gasteiger partial charge in [0.1, 0.15) is 11.3 Å². The molecule has 8 heteroatoms. The summed E-state index contributed by atoms with van der Waals surface area (Å²) in [6.07, 6.45) is 5.07. The van der Waals surface area contributed by atoms with Gasteiger partial charge in [0.2, 0.25) is 0 Å². The smallest absolute Gasteiger partial charge is 0.263 e. The Morgan fingerprint density at radius 3 is 2.97 bits per heavy atom. The Morgan fingerprint density at radius 1 is 1.23 bits per heavy atom. The summed E-state index contributed by atoms with van der Waals surface area (Å²) in [7, 11) is 0. The van der Waals surface area contributed by atoms with Gasteiger partial charge in [0.15, 0.2) is 0 Å². The summed E-state index contributed by atoms with van der Waals surface area (Å²) in [5, 5.41) is 9.89. The minimum Gasteiger partial charge on any atom is -0.469 e. The van der Waals surface area contributed by atoms with Crippen molar-refractivity contribution in [2.45, 2.75) is 31.8 Å². The molecule has 3 aromatic rings. The standard InChI is InChI=1S/C22H25N5O3/c28-21(23-7-6-18-2-1-9-30-18)19-3-4-20-16-10-15(12-27(20)22(19)29)11-26(13-16)14-17-5-8-24-25-17/h1-5,8-9,15-16H,6-7,10-14H2,(H,23,28)(H,24,25)/t15-,16+/m0/s1. The van der Waals surface area contributed by atoms with Crippen molar-refractivity contribution in [1.29, 1.82) is 0 Å². The number of aromatic nitrogens is 3. The first kappa shape index (κ1) is 18.9. The van der Waals surface area contributed by atoms with E-state index >= 15 is 0 Å². The number of aromatic amines is 1. The summed E-state index contributed by atoms with van der Waals surface area (Å²) in [5.41, 5.74) is 2.18. The number of furan rings is 1. The molecule has 2 N–H and O–H groups in total. The molecule has 3 aromatic heterocycles. The second-order valence-corrected chi connectivity index (χ2v) is 8.25. The van der Waals surface area contributed by atoms with Crippen molar-refractivity contribution in [1.82, 2.24) is 25.0 Å². The van der Waals surface area contributed by atoms with E-state index in [0.717, 1.165) is 43.2 Å². The highest BCUT2D eigenvalue weighted by atomic mass is 16.3. The Morgan fingerprint density at radius 2 is 2.17 bits per heavy atom. The topological polar surface area (TPSA) is 96.2 Å². The van der Waals surface area contributed by atoms with Crippen molar-refractivity contribution in [3.05, 3.63) is 75.9 Å². The van der Waals surface area contributed by atoms with Crippen LogP contribution in [-0.2, 0) is 19.5 Å². The van der Waals surface area contributed by atoms with Crippen LogP contribution < -0.4 is 10.9 Å². The predicted octanol–water partition coefficient (Wildman–Crippen LogP) is 1.76. The number of nitrogens with zero attached hydrogens (tertiary/aromatic N) is 3. The van der Waals surface area contributed by atoms with Crippen LogP contribution in [0.25, 0.3) is 0 Å². The van der Waals surface area contributed by atoms with Gasteiger partial charge in [-0.2, -0.15) is 5.10 Å². The number of carbonyl (C=O) groups is 1. The van der Waals surface area contributed by atoms with Gasteiger partial charge < -0.3 is 14.3 Å². The number of rotatable bonds is 6. The number of carbonyl (C=O) groups excluding carboxylic acids is 1. The van der Waals surface area contributed by atoms with E-state index in [1.54, 1.807) is 18.5 Å². The van der Waals surface area contributed by atoms with Crippen molar-refractivity contribution in [3.8, 4) is 0 Å². The van der Waals surface area contributed by atoms with Gasteiger partial charge in [-0.1, -0.05) is 0 Å². The molecule has 2 atom stereocenters. The maximum Gasteiger partial charge on any atom is 0.263 e. The van der Waals surface area contributed by atoms with E-state index in [1.165, 1.54) is 0 Å². The second-order valence-electron chi connectivity index (χ2n) is 8.25. The van der Waals surface area contributed by atoms with Crippen LogP contribution in [0.5, 0.6) is 0 Å². The molecule has 30 heavy (non-hydrogen) atoms. The maximum absolute atomic E-state index is 13.1. The molecule has 0 aromatic carbocycles. The lowest BCUT2D eigenvalue weighted by Gasteiger charge is -2.42. The number of hydrogen-bond acceptors (Lipinski definition) is 5. The third-order valence-corrected chi connectivity index (χ3v) is 6.11. The van der Waals surface area contributed by atoms with Gasteiger partial charge in [-0.15, -0.1) is 0 Å². The van der Waals surface area contributed by atoms with Gasteiger partial charge in [-0.05, 0) is 42.7 Å². The van der Waals surface area contributed by atoms with Crippen molar-refractivity contribution < 1.29 is 9.21 Å². The van der Waals surface area contributed by atoms with Crippen LogP contribution >= 0.6 is 0 Å². The van der Waals surface area contributed by atoms with Crippen molar-refractivity contribution >= 4 is 5.91 Å². The summed E-state index contributed by atoms with van der Waals surface area (Å²) in [6.45, 7) is 3.79. The molecule has 0 aliphatic carbocycles. The number of amides is 1. The van der Waals surface area contributed by atoms with Crippen LogP contribution in [0.2, 0.25) is 0 Å². The monoisotopic (exact) mass is 407 g/mol. The molecule has 2 aliphatic heterocycles. The van der Waals surface area contributed by atoms with E-state index in [-0.39, 0.29) is 17.0 Å². The quantitative estimate of drug-likeness (QED) is 0.649. The molecule has 0 spiro atoms. The Labute approximate surface area is 173 Å². The van der Waals surface area contributed by atoms with Crippen molar-refractivity contribution in [3.63, 3.8) is 0 Å². The second kappa shape index (κ2) is 7.95. The van der Waals surface area contributed by atoms with Crippen LogP contribution in [-0.4, -0.2) is 45.2 Å². The van der Waals surface area contributed by atoms with E-state index in [4.69, 9.17) is 4.42 Å². The number of hydrogen-bond donors (Lipinski definition) is 2. The lowest BCUT2D eigenvalue weighted by Crippen LogP contribution is -2.47. The van der Waals surface area contributed by atoms with Gasteiger partial charge >= 0.3 is 0 Å². The third kappa shape index (κ3) is 3.70.